The van der Waals surface area contributed by atoms with Crippen LogP contribution in [-0.2, 0) is 9.53 Å². The smallest absolute Gasteiger partial charge is 0.325 e. The van der Waals surface area contributed by atoms with Crippen LogP contribution in [0, 0.1) is 5.92 Å². The van der Waals surface area contributed by atoms with Gasteiger partial charge < -0.3 is 15.0 Å². The molecule has 4 nitrogen and oxygen atoms in total. The van der Waals surface area contributed by atoms with E-state index < -0.39 is 5.54 Å². The molecule has 0 aliphatic heterocycles. The van der Waals surface area contributed by atoms with Gasteiger partial charge in [0, 0.05) is 12.6 Å². The van der Waals surface area contributed by atoms with Crippen molar-refractivity contribution in [2.24, 2.45) is 5.92 Å². The van der Waals surface area contributed by atoms with Crippen LogP contribution < -0.4 is 5.32 Å². The fourth-order valence-electron chi connectivity index (χ4n) is 2.82. The van der Waals surface area contributed by atoms with Crippen molar-refractivity contribution in [3.63, 3.8) is 0 Å². The number of rotatable bonds is 6. The van der Waals surface area contributed by atoms with Crippen LogP contribution in [0.2, 0.25) is 0 Å². The number of esters is 1. The van der Waals surface area contributed by atoms with Crippen LogP contribution in [-0.4, -0.2) is 50.2 Å². The molecule has 0 amide bonds. The molecule has 112 valence electrons. The van der Waals surface area contributed by atoms with E-state index in [2.05, 4.69) is 24.2 Å². The van der Waals surface area contributed by atoms with Gasteiger partial charge in [0.05, 0.1) is 7.11 Å². The van der Waals surface area contributed by atoms with Crippen LogP contribution in [0.1, 0.15) is 46.0 Å². The Morgan fingerprint density at radius 1 is 1.37 bits per heavy atom. The average molecular weight is 270 g/mol. The fourth-order valence-corrected chi connectivity index (χ4v) is 2.82. The Morgan fingerprint density at radius 3 is 2.42 bits per heavy atom. The first-order valence-corrected chi connectivity index (χ1v) is 7.40. The van der Waals surface area contributed by atoms with Crippen LogP contribution >= 0.6 is 0 Å². The molecule has 1 aliphatic rings. The van der Waals surface area contributed by atoms with E-state index in [1.54, 1.807) is 0 Å². The highest BCUT2D eigenvalue weighted by atomic mass is 16.5. The monoisotopic (exact) mass is 270 g/mol. The van der Waals surface area contributed by atoms with Crippen LogP contribution in [0.3, 0.4) is 0 Å². The highest BCUT2D eigenvalue weighted by Gasteiger charge is 2.33. The van der Waals surface area contributed by atoms with Gasteiger partial charge in [-0.15, -0.1) is 0 Å². The molecule has 0 spiro atoms. The Labute approximate surface area is 117 Å². The van der Waals surface area contributed by atoms with Crippen LogP contribution in [0.15, 0.2) is 0 Å². The van der Waals surface area contributed by atoms with Gasteiger partial charge in [-0.2, -0.15) is 0 Å². The topological polar surface area (TPSA) is 41.6 Å². The summed E-state index contributed by atoms with van der Waals surface area (Å²) in [5.74, 6) is 0.697. The number of hydrogen-bond acceptors (Lipinski definition) is 4. The van der Waals surface area contributed by atoms with Gasteiger partial charge in [-0.3, -0.25) is 4.79 Å². The summed E-state index contributed by atoms with van der Waals surface area (Å²) in [5.41, 5.74) is -0.578. The maximum absolute atomic E-state index is 11.8. The summed E-state index contributed by atoms with van der Waals surface area (Å²) in [6, 6.07) is 0.676. The van der Waals surface area contributed by atoms with Gasteiger partial charge in [0.25, 0.3) is 0 Å². The minimum absolute atomic E-state index is 0.180. The number of methoxy groups -OCH3 is 1. The number of carbonyl (C=O) groups excluding carboxylic acids is 1. The Balaban J connectivity index is 2.44. The lowest BCUT2D eigenvalue weighted by atomic mass is 9.86. The van der Waals surface area contributed by atoms with E-state index in [0.29, 0.717) is 6.04 Å². The first-order chi connectivity index (χ1) is 8.92. The first-order valence-electron chi connectivity index (χ1n) is 7.40. The molecule has 0 saturated heterocycles. The number of ether oxygens (including phenoxy) is 1. The second-order valence-electron chi connectivity index (χ2n) is 6.22. The van der Waals surface area contributed by atoms with E-state index in [-0.39, 0.29) is 5.97 Å². The van der Waals surface area contributed by atoms with Crippen molar-refractivity contribution in [3.05, 3.63) is 0 Å². The van der Waals surface area contributed by atoms with Gasteiger partial charge in [-0.1, -0.05) is 6.92 Å². The maximum Gasteiger partial charge on any atom is 0.325 e. The lowest BCUT2D eigenvalue weighted by Crippen LogP contribution is -2.51. The number of likely N-dealkylation sites (N-methyl/N-ethyl adjacent to an activating group) is 1. The summed E-state index contributed by atoms with van der Waals surface area (Å²) < 4.78 is 4.88. The van der Waals surface area contributed by atoms with E-state index in [1.807, 2.05) is 14.0 Å². The second-order valence-corrected chi connectivity index (χ2v) is 6.22. The van der Waals surface area contributed by atoms with Gasteiger partial charge in [0.2, 0.25) is 0 Å². The molecule has 0 aromatic carbocycles. The van der Waals surface area contributed by atoms with Crippen molar-refractivity contribution >= 4 is 5.97 Å². The molecule has 19 heavy (non-hydrogen) atoms. The summed E-state index contributed by atoms with van der Waals surface area (Å²) >= 11 is 0. The third-order valence-electron chi connectivity index (χ3n) is 4.76. The predicted octanol–water partition coefficient (Wildman–Crippen LogP) is 2.04. The fraction of sp³-hybridized carbons (Fsp3) is 0.933. The summed E-state index contributed by atoms with van der Waals surface area (Å²) in [6.45, 7) is 5.17. The van der Waals surface area contributed by atoms with Crippen molar-refractivity contribution < 1.29 is 9.53 Å². The van der Waals surface area contributed by atoms with Crippen molar-refractivity contribution in [3.8, 4) is 0 Å². The zero-order valence-electron chi connectivity index (χ0n) is 13.2. The Hall–Kier alpha value is -0.610. The summed E-state index contributed by atoms with van der Waals surface area (Å²) in [7, 11) is 5.44. The lowest BCUT2D eigenvalue weighted by molar-refractivity contribution is -0.148. The molecule has 0 radical (unpaired) electrons. The SMILES string of the molecule is CNC(C)(CCN(C)C1CCC(C)CC1)C(=O)OC. The number of nitrogens with zero attached hydrogens (tertiary/aromatic N) is 1. The van der Waals surface area contributed by atoms with E-state index >= 15 is 0 Å². The Morgan fingerprint density at radius 2 is 1.95 bits per heavy atom. The molecule has 4 heteroatoms. The van der Waals surface area contributed by atoms with Crippen LogP contribution in [0.4, 0.5) is 0 Å². The van der Waals surface area contributed by atoms with E-state index in [4.69, 9.17) is 4.74 Å². The minimum Gasteiger partial charge on any atom is -0.468 e. The zero-order valence-corrected chi connectivity index (χ0v) is 13.2. The number of carbonyl (C=O) groups is 1. The van der Waals surface area contributed by atoms with E-state index in [1.165, 1.54) is 32.8 Å². The molecule has 1 atom stereocenters. The van der Waals surface area contributed by atoms with Crippen LogP contribution in [0.25, 0.3) is 0 Å². The summed E-state index contributed by atoms with van der Waals surface area (Å²) in [5, 5.41) is 3.09. The Kier molecular flexibility index (Phi) is 6.27. The first kappa shape index (κ1) is 16.4. The molecule has 0 bridgehead atoms. The third kappa shape index (κ3) is 4.46. The van der Waals surface area contributed by atoms with Crippen LogP contribution in [0.5, 0.6) is 0 Å². The van der Waals surface area contributed by atoms with Crippen molar-refractivity contribution in [2.75, 3.05) is 27.7 Å². The molecule has 1 rings (SSSR count). The number of nitrogens with one attached hydrogen (secondary N) is 1. The largest absolute Gasteiger partial charge is 0.468 e. The highest BCUT2D eigenvalue weighted by Crippen LogP contribution is 2.27. The molecule has 1 unspecified atom stereocenters. The Bertz CT molecular complexity index is 288. The molecule has 0 heterocycles. The maximum atomic E-state index is 11.8. The molecular formula is C15H30N2O2. The average Bonchev–Trinajstić information content (AvgIpc) is 2.44. The van der Waals surface area contributed by atoms with E-state index in [9.17, 15) is 4.79 Å². The molecule has 1 N–H and O–H groups in total. The van der Waals surface area contributed by atoms with Gasteiger partial charge in [-0.05, 0) is 59.0 Å². The van der Waals surface area contributed by atoms with Gasteiger partial charge in [-0.25, -0.2) is 0 Å². The lowest BCUT2D eigenvalue weighted by Gasteiger charge is -2.35. The van der Waals surface area contributed by atoms with E-state index in [0.717, 1.165) is 18.9 Å². The summed E-state index contributed by atoms with van der Waals surface area (Å²) in [6.07, 6.45) is 6.00. The standard InChI is InChI=1S/C15H30N2O2/c1-12-6-8-13(9-7-12)17(4)11-10-15(2,16-3)14(18)19-5/h12-13,16H,6-11H2,1-5H3. The quantitative estimate of drug-likeness (QED) is 0.750. The molecule has 1 aliphatic carbocycles. The van der Waals surface area contributed by atoms with Crippen molar-refractivity contribution in [2.45, 2.75) is 57.5 Å². The molecular weight excluding hydrogens is 240 g/mol. The van der Waals surface area contributed by atoms with Crippen molar-refractivity contribution in [1.82, 2.24) is 10.2 Å². The molecule has 0 aromatic rings. The van der Waals surface area contributed by atoms with Gasteiger partial charge in [0.15, 0.2) is 0 Å². The van der Waals surface area contributed by atoms with Crippen molar-refractivity contribution in [1.29, 1.82) is 0 Å². The molecule has 1 fully saturated rings. The third-order valence-corrected chi connectivity index (χ3v) is 4.76. The predicted molar refractivity (Wildman–Crippen MR) is 78.1 cm³/mol. The highest BCUT2D eigenvalue weighted by molar-refractivity contribution is 5.80. The second kappa shape index (κ2) is 7.25. The van der Waals surface area contributed by atoms with Gasteiger partial charge in [0.1, 0.15) is 5.54 Å². The number of hydrogen-bond donors (Lipinski definition) is 1. The molecule has 0 aromatic heterocycles. The minimum atomic E-state index is -0.578. The molecule has 1 saturated carbocycles. The normalized spacial score (nSPS) is 27.1. The summed E-state index contributed by atoms with van der Waals surface area (Å²) in [4.78, 5) is 14.2. The van der Waals surface area contributed by atoms with Gasteiger partial charge >= 0.3 is 5.97 Å². The zero-order chi connectivity index (χ0) is 14.5.